The van der Waals surface area contributed by atoms with Crippen LogP contribution >= 0.6 is 0 Å². The summed E-state index contributed by atoms with van der Waals surface area (Å²) in [4.78, 5) is 8.00. The van der Waals surface area contributed by atoms with Crippen molar-refractivity contribution in [3.63, 3.8) is 0 Å². The van der Waals surface area contributed by atoms with Crippen LogP contribution in [-0.4, -0.2) is 34.8 Å². The summed E-state index contributed by atoms with van der Waals surface area (Å²) < 4.78 is 34.5. The van der Waals surface area contributed by atoms with E-state index in [1.807, 2.05) is 13.8 Å². The zero-order valence-electron chi connectivity index (χ0n) is 12.6. The molecule has 0 unspecified atom stereocenters. The van der Waals surface area contributed by atoms with Crippen LogP contribution in [0.15, 0.2) is 23.5 Å². The van der Waals surface area contributed by atoms with Crippen LogP contribution in [0.5, 0.6) is 5.88 Å². The average Bonchev–Trinajstić information content (AvgIpc) is 2.83. The monoisotopic (exact) mass is 323 g/mol. The molecule has 0 bridgehead atoms. The van der Waals surface area contributed by atoms with E-state index in [0.29, 0.717) is 18.8 Å². The molecule has 22 heavy (non-hydrogen) atoms. The van der Waals surface area contributed by atoms with Gasteiger partial charge in [0.2, 0.25) is 5.88 Å². The maximum absolute atomic E-state index is 12.5. The van der Waals surface area contributed by atoms with Crippen molar-refractivity contribution >= 4 is 15.8 Å². The lowest BCUT2D eigenvalue weighted by Crippen LogP contribution is -2.33. The van der Waals surface area contributed by atoms with E-state index in [4.69, 9.17) is 4.74 Å². The number of sulfonamides is 1. The molecule has 0 aliphatic carbocycles. The Morgan fingerprint density at radius 2 is 2.05 bits per heavy atom. The third kappa shape index (κ3) is 2.76. The van der Waals surface area contributed by atoms with Gasteiger partial charge in [-0.25, -0.2) is 18.1 Å². The Bertz CT molecular complexity index is 796. The van der Waals surface area contributed by atoms with Gasteiger partial charge in [0.25, 0.3) is 10.0 Å². The average molecular weight is 323 g/mol. The summed E-state index contributed by atoms with van der Waals surface area (Å²) in [5.74, 6) is 0.411. The highest BCUT2D eigenvalue weighted by Crippen LogP contribution is 2.33. The van der Waals surface area contributed by atoms with E-state index in [-0.39, 0.29) is 22.0 Å². The summed E-state index contributed by atoms with van der Waals surface area (Å²) in [7, 11) is -3.82. The molecule has 2 aromatic heterocycles. The molecule has 3 heterocycles. The molecule has 0 saturated heterocycles. The molecule has 2 aromatic rings. The molecule has 0 fully saturated rings. The Labute approximate surface area is 128 Å². The maximum Gasteiger partial charge on any atom is 0.270 e. The van der Waals surface area contributed by atoms with E-state index in [0.717, 1.165) is 0 Å². The highest BCUT2D eigenvalue weighted by Gasteiger charge is 2.33. The first-order chi connectivity index (χ1) is 10.3. The first kappa shape index (κ1) is 14.8. The molecule has 118 valence electrons. The number of fused-ring (bicyclic) bond motifs is 1. The Kier molecular flexibility index (Phi) is 3.32. The molecular formula is C13H17N5O3S. The van der Waals surface area contributed by atoms with Gasteiger partial charge in [0.15, 0.2) is 10.7 Å². The summed E-state index contributed by atoms with van der Waals surface area (Å²) in [6, 6.07) is 0. The second-order valence-electron chi connectivity index (χ2n) is 6.07. The molecule has 9 heteroatoms. The van der Waals surface area contributed by atoms with Gasteiger partial charge in [0.1, 0.15) is 0 Å². The molecule has 0 amide bonds. The van der Waals surface area contributed by atoms with Gasteiger partial charge in [-0.1, -0.05) is 13.8 Å². The van der Waals surface area contributed by atoms with Gasteiger partial charge in [0, 0.05) is 5.41 Å². The molecule has 1 aliphatic heterocycles. The van der Waals surface area contributed by atoms with E-state index in [1.165, 1.54) is 18.6 Å². The summed E-state index contributed by atoms with van der Waals surface area (Å²) in [6.07, 6.45) is 4.15. The minimum atomic E-state index is -3.82. The second kappa shape index (κ2) is 4.94. The van der Waals surface area contributed by atoms with Crippen LogP contribution in [0.3, 0.4) is 0 Å². The van der Waals surface area contributed by atoms with Crippen molar-refractivity contribution in [2.75, 3.05) is 11.3 Å². The van der Waals surface area contributed by atoms with Crippen LogP contribution < -0.4 is 9.46 Å². The minimum Gasteiger partial charge on any atom is -0.476 e. The fraction of sp³-hybridized carbons (Fsp3) is 0.462. The highest BCUT2D eigenvalue weighted by molar-refractivity contribution is 7.92. The maximum atomic E-state index is 12.5. The fourth-order valence-electron chi connectivity index (χ4n) is 2.15. The van der Waals surface area contributed by atoms with E-state index < -0.39 is 10.0 Å². The van der Waals surface area contributed by atoms with Crippen molar-refractivity contribution in [2.24, 2.45) is 5.41 Å². The number of hydrogen-bond donors (Lipinski definition) is 1. The fourth-order valence-corrected chi connectivity index (χ4v) is 3.22. The van der Waals surface area contributed by atoms with Gasteiger partial charge in [0.05, 0.1) is 37.4 Å². The normalized spacial score (nSPS) is 16.7. The van der Waals surface area contributed by atoms with Crippen LogP contribution in [0.2, 0.25) is 0 Å². The predicted octanol–water partition coefficient (Wildman–Crippen LogP) is 1.20. The van der Waals surface area contributed by atoms with Crippen LogP contribution in [0.1, 0.15) is 19.5 Å². The quantitative estimate of drug-likeness (QED) is 0.911. The SMILES string of the molecule is Cc1cnc(NS(=O)(=O)c2cnn3c2OCC(C)(C)C3)cn1. The predicted molar refractivity (Wildman–Crippen MR) is 79.1 cm³/mol. The van der Waals surface area contributed by atoms with Gasteiger partial charge < -0.3 is 4.74 Å². The molecule has 0 atom stereocenters. The molecule has 8 nitrogen and oxygen atoms in total. The van der Waals surface area contributed by atoms with Gasteiger partial charge in [-0.05, 0) is 6.92 Å². The smallest absolute Gasteiger partial charge is 0.270 e. The van der Waals surface area contributed by atoms with E-state index in [9.17, 15) is 8.42 Å². The second-order valence-corrected chi connectivity index (χ2v) is 7.72. The van der Waals surface area contributed by atoms with Crippen molar-refractivity contribution < 1.29 is 13.2 Å². The van der Waals surface area contributed by atoms with Gasteiger partial charge in [-0.2, -0.15) is 5.10 Å². The first-order valence-corrected chi connectivity index (χ1v) is 8.25. The van der Waals surface area contributed by atoms with Gasteiger partial charge in [-0.3, -0.25) is 9.71 Å². The molecule has 0 aromatic carbocycles. The van der Waals surface area contributed by atoms with Crippen molar-refractivity contribution in [1.29, 1.82) is 0 Å². The lowest BCUT2D eigenvalue weighted by Gasteiger charge is -2.30. The van der Waals surface area contributed by atoms with Gasteiger partial charge in [-0.15, -0.1) is 0 Å². The van der Waals surface area contributed by atoms with Crippen LogP contribution in [0, 0.1) is 12.3 Å². The highest BCUT2D eigenvalue weighted by atomic mass is 32.2. The lowest BCUT2D eigenvalue weighted by molar-refractivity contribution is 0.0971. The molecule has 3 rings (SSSR count). The third-order valence-corrected chi connectivity index (χ3v) is 4.58. The van der Waals surface area contributed by atoms with Crippen molar-refractivity contribution in [1.82, 2.24) is 19.7 Å². The third-order valence-electron chi connectivity index (χ3n) is 3.25. The Hall–Kier alpha value is -2.16. The lowest BCUT2D eigenvalue weighted by atomic mass is 9.94. The number of anilines is 1. The number of nitrogens with one attached hydrogen (secondary N) is 1. The summed E-state index contributed by atoms with van der Waals surface area (Å²) >= 11 is 0. The number of aromatic nitrogens is 4. The number of aryl methyl sites for hydroxylation is 1. The Morgan fingerprint density at radius 3 is 2.73 bits per heavy atom. The van der Waals surface area contributed by atoms with E-state index in [2.05, 4.69) is 19.8 Å². The van der Waals surface area contributed by atoms with Gasteiger partial charge >= 0.3 is 0 Å². The zero-order valence-corrected chi connectivity index (χ0v) is 13.4. The number of ether oxygens (including phenoxy) is 1. The zero-order chi connectivity index (χ0) is 16.0. The Balaban J connectivity index is 1.91. The van der Waals surface area contributed by atoms with Crippen molar-refractivity contribution in [3.8, 4) is 5.88 Å². The topological polar surface area (TPSA) is 99.0 Å². The largest absolute Gasteiger partial charge is 0.476 e. The Morgan fingerprint density at radius 1 is 1.27 bits per heavy atom. The first-order valence-electron chi connectivity index (χ1n) is 6.77. The summed E-state index contributed by atoms with van der Waals surface area (Å²) in [5.41, 5.74) is 0.618. The standard InChI is InChI=1S/C13H17N5O3S/c1-9-4-15-11(6-14-9)17-22(19,20)10-5-16-18-7-13(2,3)8-21-12(10)18/h4-6H,7-8H2,1-3H3,(H,15,17). The van der Waals surface area contributed by atoms with Crippen molar-refractivity contribution in [2.45, 2.75) is 32.2 Å². The molecule has 1 N–H and O–H groups in total. The minimum absolute atomic E-state index is 0.00498. The number of nitrogens with zero attached hydrogens (tertiary/aromatic N) is 4. The summed E-state index contributed by atoms with van der Waals surface area (Å²) in [6.45, 7) is 6.88. The molecule has 0 saturated carbocycles. The van der Waals surface area contributed by atoms with E-state index >= 15 is 0 Å². The molecule has 0 radical (unpaired) electrons. The summed E-state index contributed by atoms with van der Waals surface area (Å²) in [5, 5.41) is 4.11. The number of hydrogen-bond acceptors (Lipinski definition) is 6. The van der Waals surface area contributed by atoms with Crippen LogP contribution in [0.25, 0.3) is 0 Å². The molecular weight excluding hydrogens is 306 g/mol. The van der Waals surface area contributed by atoms with Crippen LogP contribution in [0.4, 0.5) is 5.82 Å². The van der Waals surface area contributed by atoms with Crippen LogP contribution in [-0.2, 0) is 16.6 Å². The van der Waals surface area contributed by atoms with Crippen molar-refractivity contribution in [3.05, 3.63) is 24.3 Å². The van der Waals surface area contributed by atoms with E-state index in [1.54, 1.807) is 11.6 Å². The molecule has 1 aliphatic rings. The molecule has 0 spiro atoms. The number of rotatable bonds is 3.